The van der Waals surface area contributed by atoms with Crippen molar-refractivity contribution >= 4 is 17.6 Å². The number of nitrogens with zero attached hydrogens (tertiary/aromatic N) is 1. The first kappa shape index (κ1) is 19.7. The van der Waals surface area contributed by atoms with Gasteiger partial charge in [-0.2, -0.15) is 0 Å². The summed E-state index contributed by atoms with van der Waals surface area (Å²) < 4.78 is 11.7. The van der Waals surface area contributed by atoms with E-state index in [1.54, 1.807) is 24.3 Å². The second-order valence-corrected chi connectivity index (χ2v) is 8.75. The van der Waals surface area contributed by atoms with Crippen molar-refractivity contribution in [3.63, 3.8) is 0 Å². The van der Waals surface area contributed by atoms with Gasteiger partial charge in [0, 0.05) is 23.2 Å². The van der Waals surface area contributed by atoms with Gasteiger partial charge in [-0.25, -0.2) is 4.79 Å². The van der Waals surface area contributed by atoms with E-state index in [1.165, 1.54) is 5.56 Å². The maximum Gasteiger partial charge on any atom is 0.322 e. The standard InChI is InChI=1S/C24H27N3O4/c1-15-18-12-20-21(31-11-10-30-20)13-19(18)24(8-2-3-9-24)14-27(15)23(29)26-17-6-4-16(5-7-17)22(25)28/h4-7,12-13,15H,2-3,8-11,14H2,1H3,(H2,25,28)(H,26,29). The van der Waals surface area contributed by atoms with Crippen molar-refractivity contribution < 1.29 is 19.1 Å². The predicted molar refractivity (Wildman–Crippen MR) is 117 cm³/mol. The zero-order chi connectivity index (χ0) is 21.6. The van der Waals surface area contributed by atoms with Crippen LogP contribution >= 0.6 is 0 Å². The highest BCUT2D eigenvalue weighted by Gasteiger charge is 2.46. The Morgan fingerprint density at radius 1 is 1.06 bits per heavy atom. The highest BCUT2D eigenvalue weighted by atomic mass is 16.6. The van der Waals surface area contributed by atoms with Gasteiger partial charge >= 0.3 is 6.03 Å². The van der Waals surface area contributed by atoms with Crippen LogP contribution in [0, 0.1) is 0 Å². The van der Waals surface area contributed by atoms with Gasteiger partial charge in [-0.3, -0.25) is 4.79 Å². The number of urea groups is 1. The normalized spacial score (nSPS) is 20.9. The van der Waals surface area contributed by atoms with Gasteiger partial charge < -0.3 is 25.4 Å². The van der Waals surface area contributed by atoms with Gasteiger partial charge in [0.1, 0.15) is 13.2 Å². The molecule has 1 atom stereocenters. The van der Waals surface area contributed by atoms with E-state index >= 15 is 0 Å². The number of carbonyl (C=O) groups is 2. The zero-order valence-electron chi connectivity index (χ0n) is 17.6. The molecule has 7 heteroatoms. The Kier molecular flexibility index (Phi) is 4.76. The topological polar surface area (TPSA) is 93.9 Å². The molecular weight excluding hydrogens is 394 g/mol. The molecule has 0 aromatic heterocycles. The maximum absolute atomic E-state index is 13.3. The van der Waals surface area contributed by atoms with E-state index < -0.39 is 5.91 Å². The number of carbonyl (C=O) groups excluding carboxylic acids is 2. The molecule has 0 bridgehead atoms. The van der Waals surface area contributed by atoms with Crippen LogP contribution in [0.2, 0.25) is 0 Å². The predicted octanol–water partition coefficient (Wildman–Crippen LogP) is 3.98. The Bertz CT molecular complexity index is 1030. The molecular formula is C24H27N3O4. The Morgan fingerprint density at radius 3 is 2.35 bits per heavy atom. The Hall–Kier alpha value is -3.22. The molecule has 0 radical (unpaired) electrons. The first-order valence-electron chi connectivity index (χ1n) is 10.9. The fourth-order valence-electron chi connectivity index (χ4n) is 5.27. The number of nitrogens with one attached hydrogen (secondary N) is 1. The third-order valence-electron chi connectivity index (χ3n) is 6.92. The molecule has 162 valence electrons. The van der Waals surface area contributed by atoms with E-state index in [-0.39, 0.29) is 17.5 Å². The van der Waals surface area contributed by atoms with Crippen LogP contribution in [-0.4, -0.2) is 36.6 Å². The molecule has 1 spiro atoms. The third-order valence-corrected chi connectivity index (χ3v) is 6.92. The Balaban J connectivity index is 1.46. The lowest BCUT2D eigenvalue weighted by Crippen LogP contribution is -2.50. The summed E-state index contributed by atoms with van der Waals surface area (Å²) in [5.74, 6) is 1.09. The van der Waals surface area contributed by atoms with Crippen molar-refractivity contribution in [3.05, 3.63) is 53.1 Å². The number of anilines is 1. The fourth-order valence-corrected chi connectivity index (χ4v) is 5.27. The lowest BCUT2D eigenvalue weighted by Gasteiger charge is -2.46. The number of ether oxygens (including phenoxy) is 2. The molecule has 7 nitrogen and oxygen atoms in total. The van der Waals surface area contributed by atoms with E-state index in [0.717, 1.165) is 42.7 Å². The molecule has 3 amide bonds. The first-order valence-corrected chi connectivity index (χ1v) is 10.9. The van der Waals surface area contributed by atoms with E-state index in [9.17, 15) is 9.59 Å². The van der Waals surface area contributed by atoms with Crippen LogP contribution in [0.3, 0.4) is 0 Å². The van der Waals surface area contributed by atoms with Gasteiger partial charge in [-0.15, -0.1) is 0 Å². The smallest absolute Gasteiger partial charge is 0.322 e. The monoisotopic (exact) mass is 421 g/mol. The molecule has 3 aliphatic rings. The number of amides is 3. The molecule has 1 saturated carbocycles. The van der Waals surface area contributed by atoms with Crippen molar-refractivity contribution in [1.29, 1.82) is 0 Å². The molecule has 31 heavy (non-hydrogen) atoms. The van der Waals surface area contributed by atoms with Crippen LogP contribution in [0.5, 0.6) is 11.5 Å². The highest BCUT2D eigenvalue weighted by Crippen LogP contribution is 2.52. The maximum atomic E-state index is 13.3. The number of primary amides is 1. The Labute approximate surface area is 181 Å². The fraction of sp³-hybridized carbons (Fsp3) is 0.417. The molecule has 5 rings (SSSR count). The second kappa shape index (κ2) is 7.48. The lowest BCUT2D eigenvalue weighted by atomic mass is 9.71. The average molecular weight is 421 g/mol. The summed E-state index contributed by atoms with van der Waals surface area (Å²) in [6, 6.07) is 10.6. The molecule has 1 unspecified atom stereocenters. The molecule has 2 aromatic rings. The summed E-state index contributed by atoms with van der Waals surface area (Å²) >= 11 is 0. The van der Waals surface area contributed by atoms with Crippen LogP contribution in [0.1, 0.15) is 60.1 Å². The summed E-state index contributed by atoms with van der Waals surface area (Å²) in [5.41, 5.74) is 8.74. The minimum Gasteiger partial charge on any atom is -0.486 e. The zero-order valence-corrected chi connectivity index (χ0v) is 17.6. The van der Waals surface area contributed by atoms with Crippen molar-refractivity contribution in [1.82, 2.24) is 4.90 Å². The largest absolute Gasteiger partial charge is 0.486 e. The van der Waals surface area contributed by atoms with Gasteiger partial charge in [0.15, 0.2) is 11.5 Å². The van der Waals surface area contributed by atoms with Crippen LogP contribution in [0.15, 0.2) is 36.4 Å². The van der Waals surface area contributed by atoms with Gasteiger partial charge in [-0.1, -0.05) is 12.8 Å². The summed E-state index contributed by atoms with van der Waals surface area (Å²) in [4.78, 5) is 26.5. The number of benzene rings is 2. The van der Waals surface area contributed by atoms with E-state index in [1.807, 2.05) is 4.90 Å². The van der Waals surface area contributed by atoms with Crippen LogP contribution in [0.25, 0.3) is 0 Å². The minimum absolute atomic E-state index is 0.0507. The van der Waals surface area contributed by atoms with E-state index in [2.05, 4.69) is 24.4 Å². The van der Waals surface area contributed by atoms with Crippen LogP contribution < -0.4 is 20.5 Å². The second-order valence-electron chi connectivity index (χ2n) is 8.75. The SMILES string of the molecule is CC1c2cc3c(cc2C2(CCCC2)CN1C(=O)Nc1ccc(C(N)=O)cc1)OCCO3. The average Bonchev–Trinajstić information content (AvgIpc) is 3.25. The third kappa shape index (κ3) is 3.38. The van der Waals surface area contributed by atoms with Crippen LogP contribution in [-0.2, 0) is 5.41 Å². The summed E-state index contributed by atoms with van der Waals surface area (Å²) in [5, 5.41) is 2.99. The number of hydrogen-bond acceptors (Lipinski definition) is 4. The summed E-state index contributed by atoms with van der Waals surface area (Å²) in [6.07, 6.45) is 4.44. The van der Waals surface area contributed by atoms with Crippen molar-refractivity contribution in [3.8, 4) is 11.5 Å². The number of fused-ring (bicyclic) bond motifs is 3. The molecule has 0 saturated heterocycles. The molecule has 2 aromatic carbocycles. The van der Waals surface area contributed by atoms with Crippen molar-refractivity contribution in [2.75, 3.05) is 25.1 Å². The van der Waals surface area contributed by atoms with Gasteiger partial charge in [0.05, 0.1) is 6.04 Å². The van der Waals surface area contributed by atoms with Crippen molar-refractivity contribution in [2.24, 2.45) is 5.73 Å². The molecule has 3 N–H and O–H groups in total. The summed E-state index contributed by atoms with van der Waals surface area (Å²) in [7, 11) is 0. The van der Waals surface area contributed by atoms with Crippen molar-refractivity contribution in [2.45, 2.75) is 44.1 Å². The highest BCUT2D eigenvalue weighted by molar-refractivity contribution is 5.94. The van der Waals surface area contributed by atoms with Gasteiger partial charge in [0.25, 0.3) is 0 Å². The van der Waals surface area contributed by atoms with E-state index in [4.69, 9.17) is 15.2 Å². The molecule has 1 aliphatic carbocycles. The van der Waals surface area contributed by atoms with Crippen LogP contribution in [0.4, 0.5) is 10.5 Å². The number of hydrogen-bond donors (Lipinski definition) is 2. The molecule has 2 heterocycles. The molecule has 1 fully saturated rings. The summed E-state index contributed by atoms with van der Waals surface area (Å²) in [6.45, 7) is 3.84. The lowest BCUT2D eigenvalue weighted by molar-refractivity contribution is 0.100. The van der Waals surface area contributed by atoms with Gasteiger partial charge in [-0.05, 0) is 67.3 Å². The number of nitrogens with two attached hydrogens (primary N) is 1. The quantitative estimate of drug-likeness (QED) is 0.767. The van der Waals surface area contributed by atoms with E-state index in [0.29, 0.717) is 31.0 Å². The Morgan fingerprint density at radius 2 is 1.71 bits per heavy atom. The van der Waals surface area contributed by atoms with Gasteiger partial charge in [0.2, 0.25) is 5.91 Å². The first-order chi connectivity index (χ1) is 15.0. The number of rotatable bonds is 2. The minimum atomic E-state index is -0.489. The molecule has 2 aliphatic heterocycles.